The van der Waals surface area contributed by atoms with Crippen LogP contribution in [0.2, 0.25) is 0 Å². The summed E-state index contributed by atoms with van der Waals surface area (Å²) in [6.45, 7) is 4.35. The van der Waals surface area contributed by atoms with E-state index in [4.69, 9.17) is 10.5 Å². The number of esters is 1. The van der Waals surface area contributed by atoms with Crippen molar-refractivity contribution in [3.8, 4) is 0 Å². The van der Waals surface area contributed by atoms with E-state index in [1.165, 1.54) is 0 Å². The van der Waals surface area contributed by atoms with E-state index in [-0.39, 0.29) is 18.6 Å². The van der Waals surface area contributed by atoms with Crippen molar-refractivity contribution in [2.24, 2.45) is 0 Å². The third-order valence-corrected chi connectivity index (χ3v) is 2.32. The second-order valence-corrected chi connectivity index (χ2v) is 3.54. The van der Waals surface area contributed by atoms with Crippen molar-refractivity contribution in [1.82, 2.24) is 5.32 Å². The summed E-state index contributed by atoms with van der Waals surface area (Å²) in [7, 11) is 0. The van der Waals surface area contributed by atoms with E-state index in [9.17, 15) is 4.79 Å². The molecule has 0 saturated heterocycles. The predicted octanol–water partition coefficient (Wildman–Crippen LogP) is 1.48. The van der Waals surface area contributed by atoms with Crippen LogP contribution < -0.4 is 11.1 Å². The molecule has 1 atom stereocenters. The first kappa shape index (κ1) is 12.5. The molecule has 0 fully saturated rings. The van der Waals surface area contributed by atoms with Crippen molar-refractivity contribution in [2.45, 2.75) is 19.9 Å². The number of hydrogen-bond acceptors (Lipinski definition) is 4. The molecule has 4 heteroatoms. The number of carbonyl (C=O) groups excluding carboxylic acids is 1. The number of hydrogen-bond donors (Lipinski definition) is 2. The number of para-hydroxylation sites is 1. The Bertz CT molecular complexity index is 353. The fourth-order valence-corrected chi connectivity index (χ4v) is 1.46. The lowest BCUT2D eigenvalue weighted by Gasteiger charge is -2.15. The van der Waals surface area contributed by atoms with Crippen molar-refractivity contribution >= 4 is 11.7 Å². The van der Waals surface area contributed by atoms with Gasteiger partial charge in [-0.05, 0) is 25.5 Å². The van der Waals surface area contributed by atoms with Crippen molar-refractivity contribution in [3.63, 3.8) is 0 Å². The van der Waals surface area contributed by atoms with Crippen molar-refractivity contribution in [1.29, 1.82) is 0 Å². The monoisotopic (exact) mass is 222 g/mol. The third kappa shape index (κ3) is 3.55. The van der Waals surface area contributed by atoms with E-state index in [2.05, 4.69) is 5.32 Å². The van der Waals surface area contributed by atoms with Gasteiger partial charge in [0.05, 0.1) is 13.2 Å². The lowest BCUT2D eigenvalue weighted by atomic mass is 10.1. The molecule has 0 amide bonds. The standard InChI is InChI=1S/C12H18N2O2/c1-3-16-12(15)8-14-9(2)10-6-4-5-7-11(10)13/h4-7,9,14H,3,8,13H2,1-2H3/t9-/m1/s1. The molecule has 0 aliphatic heterocycles. The second-order valence-electron chi connectivity index (χ2n) is 3.54. The van der Waals surface area contributed by atoms with E-state index in [1.807, 2.05) is 31.2 Å². The fourth-order valence-electron chi connectivity index (χ4n) is 1.46. The number of nitrogens with two attached hydrogens (primary N) is 1. The molecular weight excluding hydrogens is 204 g/mol. The van der Waals surface area contributed by atoms with Crippen LogP contribution in [0, 0.1) is 0 Å². The fraction of sp³-hybridized carbons (Fsp3) is 0.417. The zero-order valence-electron chi connectivity index (χ0n) is 9.69. The van der Waals surface area contributed by atoms with Crippen LogP contribution in [0.25, 0.3) is 0 Å². The molecule has 0 radical (unpaired) electrons. The minimum atomic E-state index is -0.246. The number of benzene rings is 1. The van der Waals surface area contributed by atoms with Gasteiger partial charge in [0.25, 0.3) is 0 Å². The lowest BCUT2D eigenvalue weighted by Crippen LogP contribution is -2.27. The lowest BCUT2D eigenvalue weighted by molar-refractivity contribution is -0.142. The van der Waals surface area contributed by atoms with Gasteiger partial charge in [0.15, 0.2) is 0 Å². The Morgan fingerprint density at radius 2 is 2.19 bits per heavy atom. The van der Waals surface area contributed by atoms with Gasteiger partial charge in [-0.25, -0.2) is 0 Å². The number of nitrogens with one attached hydrogen (secondary N) is 1. The van der Waals surface area contributed by atoms with Gasteiger partial charge in [0, 0.05) is 11.7 Å². The van der Waals surface area contributed by atoms with E-state index in [0.29, 0.717) is 6.61 Å². The van der Waals surface area contributed by atoms with Crippen molar-refractivity contribution < 1.29 is 9.53 Å². The summed E-state index contributed by atoms with van der Waals surface area (Å²) in [4.78, 5) is 11.1. The van der Waals surface area contributed by atoms with Crippen LogP contribution in [-0.4, -0.2) is 19.1 Å². The maximum absolute atomic E-state index is 11.1. The minimum absolute atomic E-state index is 0.0330. The molecule has 0 heterocycles. The summed E-state index contributed by atoms with van der Waals surface area (Å²) in [5.74, 6) is -0.246. The van der Waals surface area contributed by atoms with Crippen molar-refractivity contribution in [2.75, 3.05) is 18.9 Å². The Morgan fingerprint density at radius 1 is 1.50 bits per heavy atom. The van der Waals surface area contributed by atoms with Crippen LogP contribution in [0.1, 0.15) is 25.5 Å². The number of anilines is 1. The summed E-state index contributed by atoms with van der Waals surface area (Å²) < 4.78 is 4.83. The summed E-state index contributed by atoms with van der Waals surface area (Å²) in [6.07, 6.45) is 0. The van der Waals surface area contributed by atoms with Crippen LogP contribution in [-0.2, 0) is 9.53 Å². The molecule has 0 aliphatic rings. The topological polar surface area (TPSA) is 64.3 Å². The highest BCUT2D eigenvalue weighted by molar-refractivity contribution is 5.71. The van der Waals surface area contributed by atoms with Crippen molar-refractivity contribution in [3.05, 3.63) is 29.8 Å². The molecule has 3 N–H and O–H groups in total. The molecule has 1 rings (SSSR count). The molecule has 1 aromatic carbocycles. The van der Waals surface area contributed by atoms with Gasteiger partial charge >= 0.3 is 5.97 Å². The van der Waals surface area contributed by atoms with Gasteiger partial charge < -0.3 is 15.8 Å². The smallest absolute Gasteiger partial charge is 0.319 e. The highest BCUT2D eigenvalue weighted by atomic mass is 16.5. The molecular formula is C12H18N2O2. The first-order chi connectivity index (χ1) is 7.65. The van der Waals surface area contributed by atoms with E-state index >= 15 is 0 Å². The minimum Gasteiger partial charge on any atom is -0.465 e. The zero-order valence-corrected chi connectivity index (χ0v) is 9.69. The van der Waals surface area contributed by atoms with Gasteiger partial charge in [-0.1, -0.05) is 18.2 Å². The van der Waals surface area contributed by atoms with Gasteiger partial charge in [-0.2, -0.15) is 0 Å². The van der Waals surface area contributed by atoms with Crippen LogP contribution in [0.4, 0.5) is 5.69 Å². The molecule has 88 valence electrons. The maximum atomic E-state index is 11.1. The molecule has 1 aromatic rings. The second kappa shape index (κ2) is 6.12. The molecule has 16 heavy (non-hydrogen) atoms. The van der Waals surface area contributed by atoms with Crippen LogP contribution in [0.5, 0.6) is 0 Å². The summed E-state index contributed by atoms with van der Waals surface area (Å²) in [5, 5.41) is 3.07. The molecule has 0 aromatic heterocycles. The van der Waals surface area contributed by atoms with Crippen LogP contribution >= 0.6 is 0 Å². The van der Waals surface area contributed by atoms with Gasteiger partial charge in [-0.15, -0.1) is 0 Å². The van der Waals surface area contributed by atoms with Crippen LogP contribution in [0.3, 0.4) is 0 Å². The number of ether oxygens (including phenoxy) is 1. The molecule has 0 spiro atoms. The summed E-state index contributed by atoms with van der Waals surface area (Å²) >= 11 is 0. The number of rotatable bonds is 5. The Hall–Kier alpha value is -1.55. The Balaban J connectivity index is 2.50. The number of carbonyl (C=O) groups is 1. The highest BCUT2D eigenvalue weighted by Gasteiger charge is 2.09. The van der Waals surface area contributed by atoms with E-state index < -0.39 is 0 Å². The summed E-state index contributed by atoms with van der Waals surface area (Å²) in [5.41, 5.74) is 7.55. The Labute approximate surface area is 95.8 Å². The maximum Gasteiger partial charge on any atom is 0.319 e. The molecule has 0 bridgehead atoms. The first-order valence-electron chi connectivity index (χ1n) is 5.38. The molecule has 0 saturated carbocycles. The van der Waals surface area contributed by atoms with E-state index in [1.54, 1.807) is 6.92 Å². The average Bonchev–Trinajstić information content (AvgIpc) is 2.27. The summed E-state index contributed by atoms with van der Waals surface area (Å²) in [6, 6.07) is 7.63. The van der Waals surface area contributed by atoms with Gasteiger partial charge in [-0.3, -0.25) is 4.79 Å². The first-order valence-corrected chi connectivity index (χ1v) is 5.38. The Kier molecular flexibility index (Phi) is 4.79. The highest BCUT2D eigenvalue weighted by Crippen LogP contribution is 2.18. The van der Waals surface area contributed by atoms with Crippen LogP contribution in [0.15, 0.2) is 24.3 Å². The van der Waals surface area contributed by atoms with E-state index in [0.717, 1.165) is 11.3 Å². The number of nitrogen functional groups attached to an aromatic ring is 1. The molecule has 4 nitrogen and oxygen atoms in total. The third-order valence-electron chi connectivity index (χ3n) is 2.32. The molecule has 0 aliphatic carbocycles. The quantitative estimate of drug-likeness (QED) is 0.585. The molecule has 0 unspecified atom stereocenters. The van der Waals surface area contributed by atoms with Gasteiger partial charge in [0.1, 0.15) is 0 Å². The average molecular weight is 222 g/mol. The SMILES string of the molecule is CCOC(=O)CN[C@H](C)c1ccccc1N. The van der Waals surface area contributed by atoms with Gasteiger partial charge in [0.2, 0.25) is 0 Å². The Morgan fingerprint density at radius 3 is 2.81 bits per heavy atom. The largest absolute Gasteiger partial charge is 0.465 e. The zero-order chi connectivity index (χ0) is 12.0. The normalized spacial score (nSPS) is 12.1. The predicted molar refractivity (Wildman–Crippen MR) is 63.9 cm³/mol.